The molecule has 1 amide bonds. The van der Waals surface area contributed by atoms with Gasteiger partial charge in [0, 0.05) is 50.3 Å². The Bertz CT molecular complexity index is 919. The number of carbonyl (C=O) groups is 2. The summed E-state index contributed by atoms with van der Waals surface area (Å²) in [5, 5.41) is 16.3. The van der Waals surface area contributed by atoms with E-state index in [1.54, 1.807) is 4.68 Å². The lowest BCUT2D eigenvalue weighted by molar-refractivity contribution is -0.136. The Balaban J connectivity index is 1.73. The number of anilines is 2. The highest BCUT2D eigenvalue weighted by Gasteiger charge is 2.34. The molecule has 2 heterocycles. The second-order valence-corrected chi connectivity index (χ2v) is 6.85. The number of amides is 1. The summed E-state index contributed by atoms with van der Waals surface area (Å²) in [5.41, 5.74) is 3.22. The number of β-amino-alcohol motifs (C(OH)–C–C–N with tert-alkyl or cyclic N) is 1. The summed E-state index contributed by atoms with van der Waals surface area (Å²) in [6.45, 7) is 0.807. The molecule has 9 nitrogen and oxygen atoms in total. The van der Waals surface area contributed by atoms with Gasteiger partial charge < -0.3 is 25.0 Å². The zero-order valence-corrected chi connectivity index (χ0v) is 16.8. The quantitative estimate of drug-likeness (QED) is 0.631. The number of aliphatic hydroxyl groups excluding tert-OH is 1. The van der Waals surface area contributed by atoms with Crippen LogP contribution in [0.4, 0.5) is 11.4 Å². The van der Waals surface area contributed by atoms with E-state index in [0.717, 1.165) is 11.3 Å². The van der Waals surface area contributed by atoms with Crippen molar-refractivity contribution in [3.63, 3.8) is 0 Å². The Morgan fingerprint density at radius 2 is 2.07 bits per heavy atom. The molecule has 0 spiro atoms. The van der Waals surface area contributed by atoms with Crippen LogP contribution in [0.15, 0.2) is 47.9 Å². The zero-order chi connectivity index (χ0) is 21.0. The fourth-order valence-electron chi connectivity index (χ4n) is 3.21. The monoisotopic (exact) mass is 399 g/mol. The van der Waals surface area contributed by atoms with Gasteiger partial charge in [-0.15, -0.1) is 0 Å². The third-order valence-corrected chi connectivity index (χ3v) is 4.71. The Kier molecular flexibility index (Phi) is 6.18. The second kappa shape index (κ2) is 8.78. The Hall–Kier alpha value is -3.33. The molecular weight excluding hydrogens is 374 g/mol. The second-order valence-electron chi connectivity index (χ2n) is 6.85. The maximum absolute atomic E-state index is 12.6. The van der Waals surface area contributed by atoms with E-state index >= 15 is 0 Å². The highest BCUT2D eigenvalue weighted by molar-refractivity contribution is 6.08. The molecule has 2 N–H and O–H groups in total. The number of hydrogen-bond acceptors (Lipinski definition) is 7. The van der Waals surface area contributed by atoms with E-state index in [1.165, 1.54) is 12.0 Å². The summed E-state index contributed by atoms with van der Waals surface area (Å²) >= 11 is 0. The van der Waals surface area contributed by atoms with Crippen molar-refractivity contribution in [3.8, 4) is 0 Å². The van der Waals surface area contributed by atoms with E-state index in [4.69, 9.17) is 9.84 Å². The number of nitrogens with zero attached hydrogens (tertiary/aromatic N) is 4. The number of esters is 1. The molecular formula is C20H25N5O4. The summed E-state index contributed by atoms with van der Waals surface area (Å²) in [6, 6.07) is 7.56. The topological polar surface area (TPSA) is 99.9 Å². The van der Waals surface area contributed by atoms with Gasteiger partial charge in [0.25, 0.3) is 5.91 Å². The van der Waals surface area contributed by atoms with Gasteiger partial charge in [0.05, 0.1) is 32.0 Å². The van der Waals surface area contributed by atoms with Gasteiger partial charge in [-0.05, 0) is 24.3 Å². The Morgan fingerprint density at radius 3 is 2.66 bits per heavy atom. The lowest BCUT2D eigenvalue weighted by Crippen LogP contribution is -2.31. The Labute approximate surface area is 169 Å². The molecule has 0 unspecified atom stereocenters. The molecule has 1 aliphatic heterocycles. The first-order valence-corrected chi connectivity index (χ1v) is 9.20. The van der Waals surface area contributed by atoms with Gasteiger partial charge in [-0.1, -0.05) is 0 Å². The van der Waals surface area contributed by atoms with E-state index in [-0.39, 0.29) is 36.9 Å². The molecule has 0 atom stereocenters. The van der Waals surface area contributed by atoms with Crippen molar-refractivity contribution in [1.29, 1.82) is 0 Å². The van der Waals surface area contributed by atoms with Gasteiger partial charge in [-0.2, -0.15) is 5.10 Å². The number of aliphatic hydroxyl groups is 1. The highest BCUT2D eigenvalue weighted by Crippen LogP contribution is 2.24. The van der Waals surface area contributed by atoms with Crippen LogP contribution in [0.25, 0.3) is 0 Å². The van der Waals surface area contributed by atoms with E-state index in [0.29, 0.717) is 12.2 Å². The summed E-state index contributed by atoms with van der Waals surface area (Å²) in [4.78, 5) is 28.1. The van der Waals surface area contributed by atoms with Crippen molar-refractivity contribution in [2.75, 3.05) is 44.1 Å². The maximum atomic E-state index is 12.6. The van der Waals surface area contributed by atoms with Crippen LogP contribution in [0.5, 0.6) is 0 Å². The minimum Gasteiger partial charge on any atom is -0.466 e. The van der Waals surface area contributed by atoms with Crippen molar-refractivity contribution in [2.45, 2.75) is 6.54 Å². The van der Waals surface area contributed by atoms with E-state index in [2.05, 4.69) is 15.3 Å². The summed E-state index contributed by atoms with van der Waals surface area (Å²) in [7, 11) is 5.15. The average Bonchev–Trinajstić information content (AvgIpc) is 3.26. The summed E-state index contributed by atoms with van der Waals surface area (Å²) in [6.07, 6.45) is 3.80. The number of ether oxygens (including phenoxy) is 1. The van der Waals surface area contributed by atoms with Crippen molar-refractivity contribution < 1.29 is 19.4 Å². The standard InChI is InChI=1S/C20H25N5O4/c1-23(11-14-10-21-24(2)12-14)16-6-4-15(5-7-16)22-18-17(20(28)29-3)13-25(8-9-26)19(18)27/h4-7,10,12,22,26H,8-9,11,13H2,1-3H3. The average molecular weight is 399 g/mol. The normalized spacial score (nSPS) is 13.8. The van der Waals surface area contributed by atoms with Gasteiger partial charge in [-0.3, -0.25) is 9.48 Å². The van der Waals surface area contributed by atoms with Crippen LogP contribution in [0.3, 0.4) is 0 Å². The van der Waals surface area contributed by atoms with Crippen LogP contribution in [-0.4, -0.2) is 65.5 Å². The van der Waals surface area contributed by atoms with Crippen molar-refractivity contribution in [3.05, 3.63) is 53.5 Å². The molecule has 0 fully saturated rings. The fourth-order valence-corrected chi connectivity index (χ4v) is 3.21. The van der Waals surface area contributed by atoms with Crippen molar-refractivity contribution in [2.24, 2.45) is 7.05 Å². The smallest absolute Gasteiger partial charge is 0.337 e. The van der Waals surface area contributed by atoms with Crippen LogP contribution in [0, 0.1) is 0 Å². The van der Waals surface area contributed by atoms with Crippen molar-refractivity contribution >= 4 is 23.3 Å². The van der Waals surface area contributed by atoms with Gasteiger partial charge in [0.2, 0.25) is 0 Å². The van der Waals surface area contributed by atoms with Crippen LogP contribution in [0.1, 0.15) is 5.56 Å². The maximum Gasteiger partial charge on any atom is 0.337 e. The van der Waals surface area contributed by atoms with Crippen LogP contribution in [-0.2, 0) is 27.9 Å². The Morgan fingerprint density at radius 1 is 1.34 bits per heavy atom. The number of aryl methyl sites for hydroxylation is 1. The van der Waals surface area contributed by atoms with Gasteiger partial charge in [0.1, 0.15) is 5.70 Å². The first-order chi connectivity index (χ1) is 13.9. The van der Waals surface area contributed by atoms with E-state index in [9.17, 15) is 9.59 Å². The SMILES string of the molecule is COC(=O)C1=C(Nc2ccc(N(C)Cc3cnn(C)c3)cc2)C(=O)N(CCO)C1. The zero-order valence-electron chi connectivity index (χ0n) is 16.8. The van der Waals surface area contributed by atoms with Crippen molar-refractivity contribution in [1.82, 2.24) is 14.7 Å². The van der Waals surface area contributed by atoms with Crippen LogP contribution >= 0.6 is 0 Å². The molecule has 0 aliphatic carbocycles. The third kappa shape index (κ3) is 4.57. The molecule has 2 aromatic rings. The summed E-state index contributed by atoms with van der Waals surface area (Å²) < 4.78 is 6.56. The van der Waals surface area contributed by atoms with Crippen LogP contribution in [0.2, 0.25) is 0 Å². The lowest BCUT2D eigenvalue weighted by Gasteiger charge is -2.19. The minimum atomic E-state index is -0.561. The number of benzene rings is 1. The van der Waals surface area contributed by atoms with Gasteiger partial charge in [0.15, 0.2) is 0 Å². The minimum absolute atomic E-state index is 0.111. The number of nitrogens with one attached hydrogen (secondary N) is 1. The molecule has 0 radical (unpaired) electrons. The molecule has 1 aromatic heterocycles. The van der Waals surface area contributed by atoms with Gasteiger partial charge >= 0.3 is 5.97 Å². The van der Waals surface area contributed by atoms with E-state index in [1.807, 2.05) is 50.8 Å². The van der Waals surface area contributed by atoms with Crippen LogP contribution < -0.4 is 10.2 Å². The fraction of sp³-hybridized carbons (Fsp3) is 0.350. The third-order valence-electron chi connectivity index (χ3n) is 4.71. The molecule has 0 saturated heterocycles. The molecule has 3 rings (SSSR count). The molecule has 0 saturated carbocycles. The number of rotatable bonds is 8. The number of hydrogen-bond donors (Lipinski definition) is 2. The summed E-state index contributed by atoms with van der Waals surface area (Å²) in [5.74, 6) is -0.897. The van der Waals surface area contributed by atoms with E-state index < -0.39 is 5.97 Å². The predicted molar refractivity (Wildman–Crippen MR) is 108 cm³/mol. The number of methoxy groups -OCH3 is 1. The number of carbonyl (C=O) groups excluding carboxylic acids is 2. The molecule has 1 aliphatic rings. The first-order valence-electron chi connectivity index (χ1n) is 9.20. The van der Waals surface area contributed by atoms with Gasteiger partial charge in [-0.25, -0.2) is 4.79 Å². The molecule has 0 bridgehead atoms. The molecule has 1 aromatic carbocycles. The highest BCUT2D eigenvalue weighted by atomic mass is 16.5. The largest absolute Gasteiger partial charge is 0.466 e. The first kappa shape index (κ1) is 20.4. The molecule has 154 valence electrons. The molecule has 29 heavy (non-hydrogen) atoms. The molecule has 9 heteroatoms. The number of aromatic nitrogens is 2. The predicted octanol–water partition coefficient (Wildman–Crippen LogP) is 0.730. The lowest BCUT2D eigenvalue weighted by atomic mass is 10.2.